The van der Waals surface area contributed by atoms with Gasteiger partial charge in [0.2, 0.25) is 5.96 Å². The van der Waals surface area contributed by atoms with Crippen LogP contribution in [0.1, 0.15) is 5.56 Å². The Morgan fingerprint density at radius 1 is 0.966 bits per heavy atom. The van der Waals surface area contributed by atoms with Crippen LogP contribution in [0.4, 0.5) is 10.5 Å². The van der Waals surface area contributed by atoms with Crippen molar-refractivity contribution in [2.24, 2.45) is 4.99 Å². The van der Waals surface area contributed by atoms with E-state index in [1.54, 1.807) is 11.9 Å². The number of likely N-dealkylation sites (N-methyl/N-ethyl adjacent to an activating group) is 1. The van der Waals surface area contributed by atoms with Gasteiger partial charge in [-0.1, -0.05) is 48.5 Å². The molecule has 2 atom stereocenters. The average Bonchev–Trinajstić information content (AvgIpc) is 3.33. The lowest BCUT2D eigenvalue weighted by atomic mass is 10.1. The Morgan fingerprint density at radius 3 is 2.38 bits per heavy atom. The average molecular weight is 389 g/mol. The monoisotopic (exact) mass is 389 g/mol. The standard InChI is InChI=1S/C22H23N5O2/c1-24-19-18(20(28)27(22(24)29)13-12-16-8-4-2-5-9-16)26-15-14-25(21(26)23-19)17-10-6-3-7-11-17/h2-11,18-19H,12-15H2,1H3. The molecule has 2 aromatic rings. The van der Waals surface area contributed by atoms with Crippen LogP contribution in [0.25, 0.3) is 0 Å². The highest BCUT2D eigenvalue weighted by Crippen LogP contribution is 2.33. The number of para-hydroxylation sites is 1. The SMILES string of the molecule is CN1C(=O)N(CCc2ccccc2)C(=O)C2C1N=C1N(c3ccccc3)CCN12. The van der Waals surface area contributed by atoms with Gasteiger partial charge >= 0.3 is 6.03 Å². The van der Waals surface area contributed by atoms with E-state index in [1.807, 2.05) is 60.7 Å². The Hall–Kier alpha value is -3.35. The van der Waals surface area contributed by atoms with Gasteiger partial charge in [-0.3, -0.25) is 9.69 Å². The molecule has 3 aliphatic heterocycles. The summed E-state index contributed by atoms with van der Waals surface area (Å²) in [5, 5.41) is 0. The fourth-order valence-electron chi connectivity index (χ4n) is 4.38. The van der Waals surface area contributed by atoms with Crippen molar-refractivity contribution in [1.82, 2.24) is 14.7 Å². The number of carbonyl (C=O) groups is 2. The van der Waals surface area contributed by atoms with E-state index in [4.69, 9.17) is 4.99 Å². The summed E-state index contributed by atoms with van der Waals surface area (Å²) in [5.74, 6) is 0.631. The van der Waals surface area contributed by atoms with Gasteiger partial charge < -0.3 is 14.7 Å². The van der Waals surface area contributed by atoms with Crippen molar-refractivity contribution >= 4 is 23.6 Å². The first-order valence-corrected chi connectivity index (χ1v) is 9.94. The fourth-order valence-corrected chi connectivity index (χ4v) is 4.38. The third-order valence-electron chi connectivity index (χ3n) is 5.91. The molecule has 7 nitrogen and oxygen atoms in total. The molecule has 3 heterocycles. The van der Waals surface area contributed by atoms with E-state index in [9.17, 15) is 9.59 Å². The van der Waals surface area contributed by atoms with Crippen molar-refractivity contribution in [3.8, 4) is 0 Å². The highest BCUT2D eigenvalue weighted by atomic mass is 16.2. The molecule has 0 bridgehead atoms. The van der Waals surface area contributed by atoms with Crippen molar-refractivity contribution in [3.05, 3.63) is 66.2 Å². The molecule has 3 aliphatic rings. The van der Waals surface area contributed by atoms with Gasteiger partial charge in [0.25, 0.3) is 5.91 Å². The Labute approximate surface area is 169 Å². The van der Waals surface area contributed by atoms with Crippen molar-refractivity contribution in [3.63, 3.8) is 0 Å². The Bertz CT molecular complexity index is 962. The van der Waals surface area contributed by atoms with Crippen LogP contribution in [0, 0.1) is 0 Å². The Balaban J connectivity index is 1.39. The molecule has 2 unspecified atom stereocenters. The molecule has 148 valence electrons. The summed E-state index contributed by atoms with van der Waals surface area (Å²) in [6.07, 6.45) is 0.178. The molecule has 2 saturated heterocycles. The topological polar surface area (TPSA) is 59.5 Å². The lowest BCUT2D eigenvalue weighted by Gasteiger charge is -2.40. The molecule has 0 N–H and O–H groups in total. The van der Waals surface area contributed by atoms with E-state index in [0.29, 0.717) is 13.0 Å². The van der Waals surface area contributed by atoms with Crippen LogP contribution >= 0.6 is 0 Å². The summed E-state index contributed by atoms with van der Waals surface area (Å²) in [6.45, 7) is 1.87. The summed E-state index contributed by atoms with van der Waals surface area (Å²) in [6, 6.07) is 19.2. The van der Waals surface area contributed by atoms with Gasteiger partial charge in [-0.15, -0.1) is 0 Å². The predicted molar refractivity (Wildman–Crippen MR) is 111 cm³/mol. The first-order chi connectivity index (χ1) is 14.1. The second-order valence-corrected chi connectivity index (χ2v) is 7.59. The van der Waals surface area contributed by atoms with Crippen LogP contribution in [0.15, 0.2) is 65.7 Å². The van der Waals surface area contributed by atoms with E-state index in [-0.39, 0.29) is 11.9 Å². The van der Waals surface area contributed by atoms with Gasteiger partial charge in [0.1, 0.15) is 0 Å². The van der Waals surface area contributed by atoms with Crippen LogP contribution in [0.2, 0.25) is 0 Å². The van der Waals surface area contributed by atoms with Crippen LogP contribution in [-0.2, 0) is 11.2 Å². The minimum Gasteiger partial charge on any atom is -0.325 e. The molecule has 2 aromatic carbocycles. The molecule has 0 spiro atoms. The maximum Gasteiger partial charge on any atom is 0.328 e. The second-order valence-electron chi connectivity index (χ2n) is 7.59. The zero-order valence-electron chi connectivity index (χ0n) is 16.3. The van der Waals surface area contributed by atoms with Crippen LogP contribution in [0.3, 0.4) is 0 Å². The number of rotatable bonds is 4. The Morgan fingerprint density at radius 2 is 1.66 bits per heavy atom. The molecular weight excluding hydrogens is 366 g/mol. The second kappa shape index (κ2) is 6.92. The van der Waals surface area contributed by atoms with Crippen LogP contribution in [0.5, 0.6) is 0 Å². The van der Waals surface area contributed by atoms with Gasteiger partial charge in [0, 0.05) is 32.4 Å². The number of imide groups is 1. The molecule has 7 heteroatoms. The van der Waals surface area contributed by atoms with Crippen molar-refractivity contribution in [2.75, 3.05) is 31.6 Å². The molecule has 0 aliphatic carbocycles. The van der Waals surface area contributed by atoms with Crippen molar-refractivity contribution < 1.29 is 9.59 Å². The molecule has 0 saturated carbocycles. The smallest absolute Gasteiger partial charge is 0.325 e. The summed E-state index contributed by atoms with van der Waals surface area (Å²) >= 11 is 0. The van der Waals surface area contributed by atoms with Gasteiger partial charge in [-0.2, -0.15) is 0 Å². The summed E-state index contributed by atoms with van der Waals surface area (Å²) in [7, 11) is 1.74. The van der Waals surface area contributed by atoms with Gasteiger partial charge in [0.05, 0.1) is 0 Å². The zero-order chi connectivity index (χ0) is 20.0. The van der Waals surface area contributed by atoms with Crippen molar-refractivity contribution in [2.45, 2.75) is 18.6 Å². The lowest BCUT2D eigenvalue weighted by molar-refractivity contribution is -0.137. The maximum absolute atomic E-state index is 13.3. The largest absolute Gasteiger partial charge is 0.328 e. The number of fused-ring (bicyclic) bond motifs is 3. The fraction of sp³-hybridized carbons (Fsp3) is 0.318. The number of anilines is 1. The quantitative estimate of drug-likeness (QED) is 0.803. The molecule has 5 rings (SSSR count). The first-order valence-electron chi connectivity index (χ1n) is 9.94. The minimum absolute atomic E-state index is 0.150. The van der Waals surface area contributed by atoms with E-state index < -0.39 is 12.2 Å². The number of carbonyl (C=O) groups excluding carboxylic acids is 2. The van der Waals surface area contributed by atoms with E-state index >= 15 is 0 Å². The summed E-state index contributed by atoms with van der Waals surface area (Å²) in [5.41, 5.74) is 2.16. The molecule has 3 amide bonds. The van der Waals surface area contributed by atoms with Crippen molar-refractivity contribution in [1.29, 1.82) is 0 Å². The number of aliphatic imine (C=N–C) groups is 1. The number of nitrogens with zero attached hydrogens (tertiary/aromatic N) is 5. The van der Waals surface area contributed by atoms with Crippen LogP contribution in [-0.4, -0.2) is 71.5 Å². The van der Waals surface area contributed by atoms with E-state index in [2.05, 4.69) is 9.80 Å². The third-order valence-corrected chi connectivity index (χ3v) is 5.91. The van der Waals surface area contributed by atoms with Crippen LogP contribution < -0.4 is 4.90 Å². The molecule has 0 radical (unpaired) electrons. The van der Waals surface area contributed by atoms with E-state index in [0.717, 1.165) is 30.3 Å². The molecule has 29 heavy (non-hydrogen) atoms. The molecular formula is C22H23N5O2. The number of amides is 3. The number of urea groups is 1. The zero-order valence-corrected chi connectivity index (χ0v) is 16.3. The number of hydrogen-bond acceptors (Lipinski definition) is 5. The molecule has 2 fully saturated rings. The maximum atomic E-state index is 13.3. The number of guanidine groups is 1. The summed E-state index contributed by atoms with van der Waals surface area (Å²) in [4.78, 5) is 38.2. The lowest BCUT2D eigenvalue weighted by Crippen LogP contribution is -2.65. The van der Waals surface area contributed by atoms with Gasteiger partial charge in [-0.25, -0.2) is 9.79 Å². The number of hydrogen-bond donors (Lipinski definition) is 0. The predicted octanol–water partition coefficient (Wildman–Crippen LogP) is 2.01. The minimum atomic E-state index is -0.468. The van der Waals surface area contributed by atoms with Gasteiger partial charge in [-0.05, 0) is 24.1 Å². The highest BCUT2D eigenvalue weighted by Gasteiger charge is 2.54. The number of benzene rings is 2. The highest BCUT2D eigenvalue weighted by molar-refractivity contribution is 6.07. The first kappa shape index (κ1) is 17.7. The summed E-state index contributed by atoms with van der Waals surface area (Å²) < 4.78 is 0. The third kappa shape index (κ3) is 2.85. The van der Waals surface area contributed by atoms with Gasteiger partial charge in [0.15, 0.2) is 12.2 Å². The van der Waals surface area contributed by atoms with E-state index in [1.165, 1.54) is 4.90 Å². The normalized spacial score (nSPS) is 23.4. The molecule has 0 aromatic heterocycles. The Kier molecular flexibility index (Phi) is 4.23.